The topological polar surface area (TPSA) is 58.5 Å². The summed E-state index contributed by atoms with van der Waals surface area (Å²) in [7, 11) is 1.77. The molecule has 1 aromatic heterocycles. The highest BCUT2D eigenvalue weighted by Crippen LogP contribution is 2.25. The zero-order valence-corrected chi connectivity index (χ0v) is 18.1. The molecule has 0 aliphatic carbocycles. The minimum Gasteiger partial charge on any atom is -0.491 e. The molecule has 0 aliphatic rings. The molecular formula is C20H29IN4O. The first-order valence-corrected chi connectivity index (χ1v) is 8.77. The Hall–Kier alpha value is -1.83. The van der Waals surface area contributed by atoms with Gasteiger partial charge in [0, 0.05) is 31.9 Å². The van der Waals surface area contributed by atoms with Crippen LogP contribution in [0.15, 0.2) is 53.7 Å². The molecule has 0 amide bonds. The van der Waals surface area contributed by atoms with Crippen LogP contribution >= 0.6 is 24.0 Å². The molecule has 26 heavy (non-hydrogen) atoms. The number of aromatic nitrogens is 1. The molecule has 0 saturated carbocycles. The normalized spacial score (nSPS) is 11.0. The highest BCUT2D eigenvalue weighted by molar-refractivity contribution is 14.0. The lowest BCUT2D eigenvalue weighted by molar-refractivity contribution is 0.317. The Morgan fingerprint density at radius 1 is 1.08 bits per heavy atom. The number of pyridine rings is 1. The van der Waals surface area contributed by atoms with Crippen LogP contribution in [0.3, 0.4) is 0 Å². The molecule has 0 fully saturated rings. The molecule has 6 heteroatoms. The third-order valence-corrected chi connectivity index (χ3v) is 3.82. The number of guanidine groups is 1. The molecule has 1 aromatic carbocycles. The minimum atomic E-state index is 0. The lowest BCUT2D eigenvalue weighted by Gasteiger charge is -2.15. The van der Waals surface area contributed by atoms with Crippen molar-refractivity contribution < 1.29 is 4.74 Å². The number of nitrogens with one attached hydrogen (secondary N) is 2. The molecule has 5 nitrogen and oxygen atoms in total. The van der Waals surface area contributed by atoms with E-state index in [1.54, 1.807) is 7.05 Å². The van der Waals surface area contributed by atoms with Gasteiger partial charge >= 0.3 is 0 Å². The predicted octanol–water partition coefficient (Wildman–Crippen LogP) is 3.61. The summed E-state index contributed by atoms with van der Waals surface area (Å²) in [6.07, 6.45) is 2.68. The van der Waals surface area contributed by atoms with Crippen LogP contribution in [0.2, 0.25) is 0 Å². The molecule has 0 spiro atoms. The van der Waals surface area contributed by atoms with Crippen molar-refractivity contribution >= 4 is 29.9 Å². The first-order valence-electron chi connectivity index (χ1n) is 8.77. The third kappa shape index (κ3) is 7.59. The maximum absolute atomic E-state index is 5.91. The van der Waals surface area contributed by atoms with E-state index in [-0.39, 0.29) is 24.0 Å². The molecule has 2 aromatic rings. The third-order valence-electron chi connectivity index (χ3n) is 3.82. The van der Waals surface area contributed by atoms with Crippen molar-refractivity contribution in [1.29, 1.82) is 0 Å². The van der Waals surface area contributed by atoms with Crippen LogP contribution in [0.25, 0.3) is 0 Å². The number of ether oxygens (including phenoxy) is 1. The Balaban J connectivity index is 0.00000338. The molecule has 0 aliphatic heterocycles. The van der Waals surface area contributed by atoms with Gasteiger partial charge in [-0.1, -0.05) is 38.1 Å². The average molecular weight is 468 g/mol. The quantitative estimate of drug-likeness (QED) is 0.269. The fourth-order valence-electron chi connectivity index (χ4n) is 2.49. The van der Waals surface area contributed by atoms with Gasteiger partial charge in [0.2, 0.25) is 0 Å². The monoisotopic (exact) mass is 468 g/mol. The highest BCUT2D eigenvalue weighted by Gasteiger charge is 2.06. The summed E-state index contributed by atoms with van der Waals surface area (Å²) in [5.74, 6) is 2.18. The van der Waals surface area contributed by atoms with Crippen molar-refractivity contribution in [1.82, 2.24) is 15.6 Å². The van der Waals surface area contributed by atoms with Crippen LogP contribution in [0, 0.1) is 0 Å². The maximum Gasteiger partial charge on any atom is 0.191 e. The smallest absolute Gasteiger partial charge is 0.191 e. The Morgan fingerprint density at radius 3 is 2.50 bits per heavy atom. The van der Waals surface area contributed by atoms with Crippen molar-refractivity contribution in [2.24, 2.45) is 4.99 Å². The lowest BCUT2D eigenvalue weighted by atomic mass is 10.0. The minimum absolute atomic E-state index is 0. The van der Waals surface area contributed by atoms with Gasteiger partial charge in [0.15, 0.2) is 5.96 Å². The summed E-state index contributed by atoms with van der Waals surface area (Å²) in [6, 6.07) is 14.1. The van der Waals surface area contributed by atoms with E-state index in [4.69, 9.17) is 4.74 Å². The molecule has 0 unspecified atom stereocenters. The summed E-state index contributed by atoms with van der Waals surface area (Å²) in [6.45, 7) is 6.41. The number of benzene rings is 1. The van der Waals surface area contributed by atoms with Gasteiger partial charge in [-0.05, 0) is 29.7 Å². The highest BCUT2D eigenvalue weighted by atomic mass is 127. The van der Waals surface area contributed by atoms with Crippen LogP contribution in [0.4, 0.5) is 0 Å². The fourth-order valence-corrected chi connectivity index (χ4v) is 2.49. The number of aliphatic imine (C=N–C) groups is 1. The number of hydrogen-bond acceptors (Lipinski definition) is 3. The second-order valence-electron chi connectivity index (χ2n) is 6.04. The van der Waals surface area contributed by atoms with E-state index in [1.807, 2.05) is 42.6 Å². The second-order valence-corrected chi connectivity index (χ2v) is 6.04. The number of hydrogen-bond donors (Lipinski definition) is 2. The van der Waals surface area contributed by atoms with E-state index in [0.29, 0.717) is 19.1 Å². The van der Waals surface area contributed by atoms with Gasteiger partial charge in [0.1, 0.15) is 12.4 Å². The van der Waals surface area contributed by atoms with Crippen molar-refractivity contribution in [2.75, 3.05) is 26.7 Å². The molecule has 0 saturated heterocycles. The first-order chi connectivity index (χ1) is 12.2. The Bertz CT molecular complexity index is 662. The molecule has 2 N–H and O–H groups in total. The van der Waals surface area contributed by atoms with Gasteiger partial charge in [-0.3, -0.25) is 9.98 Å². The summed E-state index contributed by atoms with van der Waals surface area (Å²) in [4.78, 5) is 8.54. The Kier molecular flexibility index (Phi) is 10.7. The van der Waals surface area contributed by atoms with Crippen LogP contribution < -0.4 is 15.4 Å². The standard InChI is InChI=1S/C20H28N4O.HI/c1-16(2)18-9-4-5-10-19(18)25-15-14-24-20(21-3)23-13-11-17-8-6-7-12-22-17;/h4-10,12,16H,11,13-15H2,1-3H3,(H2,21,23,24);1H. The Labute approximate surface area is 173 Å². The first kappa shape index (κ1) is 22.2. The molecule has 142 valence electrons. The van der Waals surface area contributed by atoms with Crippen LogP contribution in [0.5, 0.6) is 5.75 Å². The largest absolute Gasteiger partial charge is 0.491 e. The maximum atomic E-state index is 5.91. The van der Waals surface area contributed by atoms with E-state index >= 15 is 0 Å². The summed E-state index contributed by atoms with van der Waals surface area (Å²) in [5, 5.41) is 6.56. The van der Waals surface area contributed by atoms with Gasteiger partial charge in [-0.15, -0.1) is 24.0 Å². The molecule has 0 atom stereocenters. The average Bonchev–Trinajstić information content (AvgIpc) is 2.64. The Morgan fingerprint density at radius 2 is 1.81 bits per heavy atom. The zero-order valence-electron chi connectivity index (χ0n) is 15.7. The molecule has 0 radical (unpaired) electrons. The molecular weight excluding hydrogens is 439 g/mol. The summed E-state index contributed by atoms with van der Waals surface area (Å²) in [5.41, 5.74) is 2.31. The van der Waals surface area contributed by atoms with Gasteiger partial charge in [0.05, 0.1) is 6.54 Å². The van der Waals surface area contributed by atoms with Gasteiger partial charge in [-0.2, -0.15) is 0 Å². The van der Waals surface area contributed by atoms with Crippen LogP contribution in [-0.4, -0.2) is 37.7 Å². The van der Waals surface area contributed by atoms with E-state index in [2.05, 4.69) is 40.5 Å². The van der Waals surface area contributed by atoms with Crippen molar-refractivity contribution in [3.05, 3.63) is 59.9 Å². The number of nitrogens with zero attached hydrogens (tertiary/aromatic N) is 2. The van der Waals surface area contributed by atoms with Gasteiger partial charge < -0.3 is 15.4 Å². The second kappa shape index (κ2) is 12.5. The van der Waals surface area contributed by atoms with Gasteiger partial charge in [0.25, 0.3) is 0 Å². The number of halogens is 1. The SMILES string of the molecule is CN=C(NCCOc1ccccc1C(C)C)NCCc1ccccn1.I. The van der Waals surface area contributed by atoms with Crippen molar-refractivity contribution in [2.45, 2.75) is 26.2 Å². The van der Waals surface area contributed by atoms with Crippen LogP contribution in [-0.2, 0) is 6.42 Å². The molecule has 1 heterocycles. The predicted molar refractivity (Wildman–Crippen MR) is 119 cm³/mol. The fraction of sp³-hybridized carbons (Fsp3) is 0.400. The summed E-state index contributed by atoms with van der Waals surface area (Å²) < 4.78 is 5.91. The van der Waals surface area contributed by atoms with E-state index in [0.717, 1.165) is 30.4 Å². The molecule has 0 bridgehead atoms. The van der Waals surface area contributed by atoms with Gasteiger partial charge in [-0.25, -0.2) is 0 Å². The zero-order chi connectivity index (χ0) is 17.9. The lowest BCUT2D eigenvalue weighted by Crippen LogP contribution is -2.40. The van der Waals surface area contributed by atoms with Crippen molar-refractivity contribution in [3.8, 4) is 5.75 Å². The van der Waals surface area contributed by atoms with E-state index in [9.17, 15) is 0 Å². The van der Waals surface area contributed by atoms with E-state index in [1.165, 1.54) is 5.56 Å². The number of para-hydroxylation sites is 1. The number of rotatable bonds is 8. The van der Waals surface area contributed by atoms with Crippen molar-refractivity contribution in [3.63, 3.8) is 0 Å². The van der Waals surface area contributed by atoms with Crippen LogP contribution in [0.1, 0.15) is 31.0 Å². The van der Waals surface area contributed by atoms with E-state index < -0.39 is 0 Å². The summed E-state index contributed by atoms with van der Waals surface area (Å²) >= 11 is 0. The molecule has 2 rings (SSSR count).